The van der Waals surface area contributed by atoms with Crippen molar-refractivity contribution in [3.8, 4) is 0 Å². The van der Waals surface area contributed by atoms with Gasteiger partial charge in [0.05, 0.1) is 11.3 Å². The zero-order valence-electron chi connectivity index (χ0n) is 17.6. The third-order valence-corrected chi connectivity index (χ3v) is 5.69. The van der Waals surface area contributed by atoms with Gasteiger partial charge in [-0.25, -0.2) is 4.79 Å². The Hall–Kier alpha value is -3.55. The highest BCUT2D eigenvalue weighted by atomic mass is 19.4. The predicted octanol–water partition coefficient (Wildman–Crippen LogP) is 6.05. The summed E-state index contributed by atoms with van der Waals surface area (Å²) >= 11 is 0. The number of rotatable bonds is 4. The summed E-state index contributed by atoms with van der Waals surface area (Å²) in [6, 6.07) is 8.31. The van der Waals surface area contributed by atoms with E-state index in [0.29, 0.717) is 22.3 Å². The molecule has 0 fully saturated rings. The number of hydrogen-bond acceptors (Lipinski definition) is 4. The Morgan fingerprint density at radius 3 is 2.34 bits per heavy atom. The van der Waals surface area contributed by atoms with Crippen molar-refractivity contribution in [2.24, 2.45) is 0 Å². The fraction of sp³-hybridized carbons (Fsp3) is 0.250. The third kappa shape index (κ3) is 3.88. The monoisotopic (exact) mass is 443 g/mol. The molecule has 0 unspecified atom stereocenters. The Bertz CT molecular complexity index is 1410. The molecule has 1 N–H and O–H groups in total. The first-order chi connectivity index (χ1) is 15.1. The standard InChI is InChI=1S/C24H20F3NO4/c1-12-14(3)31-20-11-21-17(10-16(12)20)13(2)15(23(30)32-21)8-9-22(29)28-19-7-5-4-6-18(19)24(25,26)27/h4-7,10-11H,8-9H2,1-3H3,(H,28,29). The number of amides is 1. The van der Waals surface area contributed by atoms with Crippen LogP contribution >= 0.6 is 0 Å². The van der Waals surface area contributed by atoms with Crippen molar-refractivity contribution in [2.75, 3.05) is 5.32 Å². The van der Waals surface area contributed by atoms with Gasteiger partial charge in [-0.3, -0.25) is 4.79 Å². The van der Waals surface area contributed by atoms with Gasteiger partial charge >= 0.3 is 11.8 Å². The van der Waals surface area contributed by atoms with Crippen LogP contribution in [-0.4, -0.2) is 5.91 Å². The largest absolute Gasteiger partial charge is 0.461 e. The summed E-state index contributed by atoms with van der Waals surface area (Å²) in [5.41, 5.74) is 1.13. The molecular formula is C24H20F3NO4. The van der Waals surface area contributed by atoms with E-state index in [0.717, 1.165) is 28.2 Å². The van der Waals surface area contributed by atoms with Crippen molar-refractivity contribution in [1.82, 2.24) is 0 Å². The van der Waals surface area contributed by atoms with Crippen LogP contribution in [0.1, 0.15) is 34.4 Å². The van der Waals surface area contributed by atoms with E-state index in [9.17, 15) is 22.8 Å². The molecule has 0 saturated carbocycles. The van der Waals surface area contributed by atoms with Crippen LogP contribution in [0.2, 0.25) is 0 Å². The lowest BCUT2D eigenvalue weighted by molar-refractivity contribution is -0.137. The summed E-state index contributed by atoms with van der Waals surface area (Å²) in [5.74, 6) is 0.142. The fourth-order valence-corrected chi connectivity index (χ4v) is 3.80. The van der Waals surface area contributed by atoms with E-state index < -0.39 is 23.3 Å². The maximum absolute atomic E-state index is 13.1. The van der Waals surface area contributed by atoms with E-state index in [4.69, 9.17) is 8.83 Å². The lowest BCUT2D eigenvalue weighted by atomic mass is 10.0. The Labute approximate surface area is 180 Å². The Kier molecular flexibility index (Phi) is 5.32. The molecule has 0 aliphatic rings. The van der Waals surface area contributed by atoms with Crippen molar-refractivity contribution >= 4 is 33.5 Å². The highest BCUT2D eigenvalue weighted by Gasteiger charge is 2.33. The molecular weight excluding hydrogens is 423 g/mol. The second kappa shape index (κ2) is 7.85. The number of carbonyl (C=O) groups excluding carboxylic acids is 1. The molecule has 4 rings (SSSR count). The van der Waals surface area contributed by atoms with E-state index >= 15 is 0 Å². The molecule has 0 aliphatic carbocycles. The number of nitrogens with one attached hydrogen (secondary N) is 1. The summed E-state index contributed by atoms with van der Waals surface area (Å²) < 4.78 is 50.5. The van der Waals surface area contributed by atoms with Crippen LogP contribution in [0.25, 0.3) is 21.9 Å². The smallest absolute Gasteiger partial charge is 0.418 e. The molecule has 32 heavy (non-hydrogen) atoms. The van der Waals surface area contributed by atoms with Gasteiger partial charge in [-0.15, -0.1) is 0 Å². The molecule has 2 aromatic heterocycles. The van der Waals surface area contributed by atoms with Gasteiger partial charge in [-0.05, 0) is 56.5 Å². The predicted molar refractivity (Wildman–Crippen MR) is 115 cm³/mol. The third-order valence-electron chi connectivity index (χ3n) is 5.69. The number of carbonyl (C=O) groups is 1. The average molecular weight is 443 g/mol. The van der Waals surface area contributed by atoms with Gasteiger partial charge in [0.15, 0.2) is 0 Å². The minimum atomic E-state index is -4.59. The molecule has 8 heteroatoms. The molecule has 0 bridgehead atoms. The van der Waals surface area contributed by atoms with Crippen molar-refractivity contribution in [3.63, 3.8) is 0 Å². The van der Waals surface area contributed by atoms with Gasteiger partial charge in [-0.1, -0.05) is 12.1 Å². The van der Waals surface area contributed by atoms with Crippen LogP contribution in [0.4, 0.5) is 18.9 Å². The van der Waals surface area contributed by atoms with Crippen LogP contribution in [-0.2, 0) is 17.4 Å². The Balaban J connectivity index is 1.61. The van der Waals surface area contributed by atoms with Crippen molar-refractivity contribution in [1.29, 1.82) is 0 Å². The quantitative estimate of drug-likeness (QED) is 0.390. The number of aryl methyl sites for hydroxylation is 3. The number of benzene rings is 2. The summed E-state index contributed by atoms with van der Waals surface area (Å²) in [7, 11) is 0. The fourth-order valence-electron chi connectivity index (χ4n) is 3.80. The number of furan rings is 1. The van der Waals surface area contributed by atoms with E-state index in [1.165, 1.54) is 18.2 Å². The summed E-state index contributed by atoms with van der Waals surface area (Å²) in [5, 5.41) is 3.92. The van der Waals surface area contributed by atoms with Crippen LogP contribution in [0.15, 0.2) is 50.0 Å². The molecule has 0 atom stereocenters. The number of fused-ring (bicyclic) bond motifs is 2. The van der Waals surface area contributed by atoms with Gasteiger partial charge in [-0.2, -0.15) is 13.2 Å². The zero-order valence-corrected chi connectivity index (χ0v) is 17.6. The first-order valence-electron chi connectivity index (χ1n) is 9.98. The van der Waals surface area contributed by atoms with Crippen LogP contribution < -0.4 is 10.9 Å². The second-order valence-electron chi connectivity index (χ2n) is 7.71. The van der Waals surface area contributed by atoms with Crippen LogP contribution in [0.3, 0.4) is 0 Å². The lowest BCUT2D eigenvalue weighted by Crippen LogP contribution is -2.19. The van der Waals surface area contributed by atoms with Crippen LogP contribution in [0.5, 0.6) is 0 Å². The molecule has 2 heterocycles. The number of alkyl halides is 3. The molecule has 1 amide bonds. The molecule has 166 valence electrons. The topological polar surface area (TPSA) is 72.5 Å². The minimum absolute atomic E-state index is 0.0333. The molecule has 0 radical (unpaired) electrons. The molecule has 0 spiro atoms. The first-order valence-corrected chi connectivity index (χ1v) is 9.98. The molecule has 0 aliphatic heterocycles. The SMILES string of the molecule is Cc1oc2cc3oc(=O)c(CCC(=O)Nc4ccccc4C(F)(F)F)c(C)c3cc2c1C. The summed E-state index contributed by atoms with van der Waals surface area (Å²) in [6.45, 7) is 5.55. The van der Waals surface area contributed by atoms with E-state index in [-0.39, 0.29) is 18.5 Å². The number of anilines is 1. The molecule has 0 saturated heterocycles. The summed E-state index contributed by atoms with van der Waals surface area (Å²) in [4.78, 5) is 24.9. The minimum Gasteiger partial charge on any atom is -0.461 e. The normalized spacial score (nSPS) is 11.9. The van der Waals surface area contributed by atoms with Crippen molar-refractivity contribution in [2.45, 2.75) is 39.8 Å². The van der Waals surface area contributed by atoms with E-state index in [1.54, 1.807) is 13.0 Å². The van der Waals surface area contributed by atoms with Gasteiger partial charge in [0, 0.05) is 28.8 Å². The Morgan fingerprint density at radius 1 is 0.969 bits per heavy atom. The summed E-state index contributed by atoms with van der Waals surface area (Å²) in [6.07, 6.45) is -4.73. The van der Waals surface area contributed by atoms with Gasteiger partial charge in [0.2, 0.25) is 5.91 Å². The zero-order chi connectivity index (χ0) is 23.2. The molecule has 2 aromatic carbocycles. The number of para-hydroxylation sites is 1. The van der Waals surface area contributed by atoms with E-state index in [2.05, 4.69) is 5.32 Å². The highest BCUT2D eigenvalue weighted by molar-refractivity contribution is 5.97. The molecule has 5 nitrogen and oxygen atoms in total. The molecule has 4 aromatic rings. The second-order valence-corrected chi connectivity index (χ2v) is 7.71. The van der Waals surface area contributed by atoms with E-state index in [1.807, 2.05) is 19.9 Å². The van der Waals surface area contributed by atoms with Crippen molar-refractivity contribution < 1.29 is 26.8 Å². The highest BCUT2D eigenvalue weighted by Crippen LogP contribution is 2.35. The first kappa shape index (κ1) is 21.7. The maximum Gasteiger partial charge on any atom is 0.418 e. The van der Waals surface area contributed by atoms with Gasteiger partial charge < -0.3 is 14.2 Å². The van der Waals surface area contributed by atoms with Crippen LogP contribution in [0, 0.1) is 20.8 Å². The Morgan fingerprint density at radius 2 is 1.62 bits per heavy atom. The van der Waals surface area contributed by atoms with Crippen molar-refractivity contribution in [3.05, 3.63) is 74.8 Å². The van der Waals surface area contributed by atoms with Gasteiger partial charge in [0.25, 0.3) is 0 Å². The maximum atomic E-state index is 13.1. The number of hydrogen-bond donors (Lipinski definition) is 1. The number of halogens is 3. The lowest BCUT2D eigenvalue weighted by Gasteiger charge is -2.13. The van der Waals surface area contributed by atoms with Gasteiger partial charge in [0.1, 0.15) is 16.9 Å². The average Bonchev–Trinajstić information content (AvgIpc) is 2.99.